The average Bonchev–Trinajstić information content (AvgIpc) is 3.38. The number of hydrogen-bond donors (Lipinski definition) is 2. The molecule has 0 unspecified atom stereocenters. The number of benzene rings is 2. The monoisotopic (exact) mass is 532 g/mol. The number of aldehydes is 1. The third-order valence-electron chi connectivity index (χ3n) is 5.30. The molecule has 2 aromatic carbocycles. The molecule has 0 saturated heterocycles. The van der Waals surface area contributed by atoms with E-state index in [2.05, 4.69) is 10.2 Å². The number of nitrogens with one attached hydrogen (secondary N) is 2. The van der Waals surface area contributed by atoms with Gasteiger partial charge in [-0.05, 0) is 36.4 Å². The second-order valence-electron chi connectivity index (χ2n) is 8.09. The Balaban J connectivity index is 0.000000212. The van der Waals surface area contributed by atoms with Gasteiger partial charge in [-0.2, -0.15) is 0 Å². The molecule has 0 atom stereocenters. The molecule has 198 valence electrons. The Bertz CT molecular complexity index is 1650. The summed E-state index contributed by atoms with van der Waals surface area (Å²) in [6, 6.07) is 6.95. The van der Waals surface area contributed by atoms with Gasteiger partial charge in [0.15, 0.2) is 17.9 Å². The number of aromatic amines is 2. The molecule has 0 aliphatic carbocycles. The van der Waals surface area contributed by atoms with Crippen LogP contribution in [0.15, 0.2) is 52.1 Å². The van der Waals surface area contributed by atoms with Crippen molar-refractivity contribution in [1.29, 1.82) is 0 Å². The van der Waals surface area contributed by atoms with Crippen LogP contribution in [0.1, 0.15) is 56.3 Å². The molecule has 2 N–H and O–H groups in total. The van der Waals surface area contributed by atoms with Crippen LogP contribution in [0.3, 0.4) is 0 Å². The van der Waals surface area contributed by atoms with Crippen molar-refractivity contribution in [2.75, 3.05) is 0 Å². The number of rotatable bonds is 7. The summed E-state index contributed by atoms with van der Waals surface area (Å²) in [5.41, 5.74) is -1.60. The molecule has 4 aromatic rings. The van der Waals surface area contributed by atoms with Crippen LogP contribution in [-0.4, -0.2) is 37.4 Å². The zero-order chi connectivity index (χ0) is 28.1. The summed E-state index contributed by atoms with van der Waals surface area (Å²) in [6.45, 7) is 2.02. The van der Waals surface area contributed by atoms with Crippen LogP contribution in [0, 0.1) is 23.3 Å². The minimum absolute atomic E-state index is 0.0362. The standard InChI is InChI=1S/C13H10F2N2O3.C12H10F2N2O2/c1-7(19)12-10(6-18)13(20)17(16-12)5-8-4-9(14)2-3-11(8)15;1-7(17)11-5-12(18)16(15-11)6-8-4-9(13)2-3-10(8)14/h2-4,6,16H,5H2,1H3;2-5,15H,6H2,1H3. The summed E-state index contributed by atoms with van der Waals surface area (Å²) in [4.78, 5) is 56.5. The lowest BCUT2D eigenvalue weighted by Crippen LogP contribution is -2.20. The topological polar surface area (TPSA) is 127 Å². The quantitative estimate of drug-likeness (QED) is 0.215. The molecule has 0 aliphatic heterocycles. The molecule has 38 heavy (non-hydrogen) atoms. The first kappa shape index (κ1) is 27.8. The van der Waals surface area contributed by atoms with E-state index >= 15 is 0 Å². The summed E-state index contributed by atoms with van der Waals surface area (Å²) in [7, 11) is 0. The first-order valence-electron chi connectivity index (χ1n) is 10.9. The Morgan fingerprint density at radius 1 is 0.789 bits per heavy atom. The first-order valence-corrected chi connectivity index (χ1v) is 10.9. The highest BCUT2D eigenvalue weighted by Crippen LogP contribution is 2.12. The Morgan fingerprint density at radius 2 is 1.32 bits per heavy atom. The zero-order valence-electron chi connectivity index (χ0n) is 20.0. The van der Waals surface area contributed by atoms with E-state index in [1.807, 2.05) is 0 Å². The molecule has 9 nitrogen and oxygen atoms in total. The molecule has 0 amide bonds. The summed E-state index contributed by atoms with van der Waals surface area (Å²) < 4.78 is 54.8. The predicted molar refractivity (Wildman–Crippen MR) is 126 cm³/mol. The summed E-state index contributed by atoms with van der Waals surface area (Å²) in [6.07, 6.45) is 0.258. The first-order chi connectivity index (χ1) is 17.9. The largest absolute Gasteiger partial charge is 0.298 e. The van der Waals surface area contributed by atoms with Crippen molar-refractivity contribution in [1.82, 2.24) is 19.6 Å². The SMILES string of the molecule is CC(=O)c1[nH]n(Cc2cc(F)ccc2F)c(=O)c1C=O.CC(=O)c1cc(=O)n(Cc2cc(F)ccc2F)[nH]1. The molecule has 0 aliphatic rings. The summed E-state index contributed by atoms with van der Waals surface area (Å²) in [5.74, 6) is -3.33. The van der Waals surface area contributed by atoms with E-state index in [9.17, 15) is 41.5 Å². The number of Topliss-reactive ketones (excluding diaryl/α,β-unsaturated/α-hetero) is 2. The van der Waals surface area contributed by atoms with E-state index < -0.39 is 40.2 Å². The minimum Gasteiger partial charge on any atom is -0.298 e. The lowest BCUT2D eigenvalue weighted by Gasteiger charge is -2.04. The number of carbonyl (C=O) groups excluding carboxylic acids is 3. The minimum atomic E-state index is -0.756. The van der Waals surface area contributed by atoms with Gasteiger partial charge < -0.3 is 0 Å². The van der Waals surface area contributed by atoms with Crippen molar-refractivity contribution >= 4 is 17.9 Å². The van der Waals surface area contributed by atoms with Crippen LogP contribution in [0.2, 0.25) is 0 Å². The fourth-order valence-corrected chi connectivity index (χ4v) is 3.39. The third-order valence-corrected chi connectivity index (χ3v) is 5.30. The Kier molecular flexibility index (Phi) is 8.40. The fraction of sp³-hybridized carbons (Fsp3) is 0.160. The van der Waals surface area contributed by atoms with Crippen LogP contribution < -0.4 is 11.1 Å². The van der Waals surface area contributed by atoms with Gasteiger partial charge in [0.05, 0.1) is 13.1 Å². The number of halogens is 4. The van der Waals surface area contributed by atoms with Crippen LogP contribution in [-0.2, 0) is 13.1 Å². The van der Waals surface area contributed by atoms with E-state index in [1.165, 1.54) is 13.8 Å². The molecular formula is C25H20F4N4O5. The van der Waals surface area contributed by atoms with E-state index in [-0.39, 0.29) is 53.2 Å². The smallest absolute Gasteiger partial charge is 0.278 e. The zero-order valence-corrected chi connectivity index (χ0v) is 20.0. The number of nitrogens with zero attached hydrogens (tertiary/aromatic N) is 2. The number of hydrogen-bond acceptors (Lipinski definition) is 5. The fourth-order valence-electron chi connectivity index (χ4n) is 3.39. The van der Waals surface area contributed by atoms with Gasteiger partial charge in [0.2, 0.25) is 0 Å². The third kappa shape index (κ3) is 6.30. The van der Waals surface area contributed by atoms with E-state index in [4.69, 9.17) is 0 Å². The maximum atomic E-state index is 13.5. The van der Waals surface area contributed by atoms with Crippen molar-refractivity contribution in [2.24, 2.45) is 0 Å². The number of ketones is 2. The maximum absolute atomic E-state index is 13.5. The van der Waals surface area contributed by atoms with Gasteiger partial charge in [0.1, 0.15) is 40.2 Å². The molecule has 0 spiro atoms. The highest BCUT2D eigenvalue weighted by atomic mass is 19.1. The molecule has 13 heteroatoms. The van der Waals surface area contributed by atoms with Gasteiger partial charge in [0.25, 0.3) is 11.1 Å². The lowest BCUT2D eigenvalue weighted by molar-refractivity contribution is 0.0997. The molecule has 4 rings (SSSR count). The van der Waals surface area contributed by atoms with Gasteiger partial charge in [-0.3, -0.25) is 34.2 Å². The highest BCUT2D eigenvalue weighted by molar-refractivity contribution is 5.99. The van der Waals surface area contributed by atoms with Crippen molar-refractivity contribution < 1.29 is 31.9 Å². The van der Waals surface area contributed by atoms with E-state index in [0.717, 1.165) is 51.8 Å². The van der Waals surface area contributed by atoms with Gasteiger partial charge in [-0.1, -0.05) is 0 Å². The summed E-state index contributed by atoms with van der Waals surface area (Å²) in [5, 5.41) is 4.97. The molecule has 0 saturated carbocycles. The van der Waals surface area contributed by atoms with Crippen molar-refractivity contribution in [3.8, 4) is 0 Å². The molecule has 0 radical (unpaired) electrons. The molecule has 2 heterocycles. The second kappa shape index (κ2) is 11.5. The molecular weight excluding hydrogens is 512 g/mol. The van der Waals surface area contributed by atoms with Crippen LogP contribution in [0.25, 0.3) is 0 Å². The van der Waals surface area contributed by atoms with Crippen LogP contribution in [0.4, 0.5) is 17.6 Å². The van der Waals surface area contributed by atoms with Gasteiger partial charge in [-0.25, -0.2) is 26.9 Å². The van der Waals surface area contributed by atoms with Gasteiger partial charge >= 0.3 is 0 Å². The van der Waals surface area contributed by atoms with Crippen molar-refractivity contribution in [3.63, 3.8) is 0 Å². The molecule has 0 bridgehead atoms. The van der Waals surface area contributed by atoms with Crippen molar-refractivity contribution in [2.45, 2.75) is 26.9 Å². The number of H-pyrrole nitrogens is 2. The normalized spacial score (nSPS) is 10.6. The van der Waals surface area contributed by atoms with E-state index in [0.29, 0.717) is 0 Å². The average molecular weight is 532 g/mol. The highest BCUT2D eigenvalue weighted by Gasteiger charge is 2.18. The Hall–Kier alpha value is -4.81. The van der Waals surface area contributed by atoms with Gasteiger partial charge in [-0.15, -0.1) is 0 Å². The second-order valence-corrected chi connectivity index (χ2v) is 8.09. The van der Waals surface area contributed by atoms with Gasteiger partial charge in [0, 0.05) is 31.0 Å². The van der Waals surface area contributed by atoms with E-state index in [1.54, 1.807) is 0 Å². The van der Waals surface area contributed by atoms with Crippen molar-refractivity contribution in [3.05, 3.63) is 115 Å². The van der Waals surface area contributed by atoms with Crippen LogP contribution >= 0.6 is 0 Å². The lowest BCUT2D eigenvalue weighted by atomic mass is 10.2. The maximum Gasteiger partial charge on any atom is 0.278 e. The molecule has 0 fully saturated rings. The predicted octanol–water partition coefficient (Wildman–Crippen LogP) is 3.22. The number of carbonyl (C=O) groups is 3. The molecule has 2 aromatic heterocycles. The number of aromatic nitrogens is 4. The Morgan fingerprint density at radius 3 is 1.74 bits per heavy atom. The Labute approximate surface area is 211 Å². The van der Waals surface area contributed by atoms with Crippen LogP contribution in [0.5, 0.6) is 0 Å². The summed E-state index contributed by atoms with van der Waals surface area (Å²) >= 11 is 0.